The van der Waals surface area contributed by atoms with Crippen LogP contribution in [0.3, 0.4) is 0 Å². The van der Waals surface area contributed by atoms with Crippen LogP contribution in [-0.2, 0) is 28.6 Å². The lowest BCUT2D eigenvalue weighted by atomic mass is 9.88. The Morgan fingerprint density at radius 2 is 2.20 bits per heavy atom. The fourth-order valence-corrected chi connectivity index (χ4v) is 2.88. The Morgan fingerprint density at radius 1 is 1.45 bits per heavy atom. The number of nitrogens with one attached hydrogen (secondary N) is 1. The van der Waals surface area contributed by atoms with Crippen LogP contribution in [0.25, 0.3) is 0 Å². The lowest BCUT2D eigenvalue weighted by molar-refractivity contribution is -0.159. The average molecular weight is 281 g/mol. The van der Waals surface area contributed by atoms with Crippen molar-refractivity contribution in [1.29, 1.82) is 0 Å². The van der Waals surface area contributed by atoms with E-state index in [2.05, 4.69) is 11.9 Å². The van der Waals surface area contributed by atoms with Gasteiger partial charge in [0.2, 0.25) is 5.91 Å². The van der Waals surface area contributed by atoms with Crippen LogP contribution >= 0.6 is 0 Å². The maximum Gasteiger partial charge on any atom is 0.325 e. The summed E-state index contributed by atoms with van der Waals surface area (Å²) in [5.41, 5.74) is 0.314. The summed E-state index contributed by atoms with van der Waals surface area (Å²) >= 11 is 0. The molecule has 3 heterocycles. The van der Waals surface area contributed by atoms with Crippen LogP contribution in [0.1, 0.15) is 13.3 Å². The molecule has 3 aliphatic heterocycles. The Bertz CT molecular complexity index is 501. The highest BCUT2D eigenvalue weighted by atomic mass is 16.7. The van der Waals surface area contributed by atoms with Gasteiger partial charge in [-0.2, -0.15) is 0 Å². The van der Waals surface area contributed by atoms with Crippen molar-refractivity contribution in [3.8, 4) is 0 Å². The van der Waals surface area contributed by atoms with E-state index in [0.29, 0.717) is 12.0 Å². The highest BCUT2D eigenvalue weighted by molar-refractivity contribution is 5.94. The number of amides is 1. The predicted octanol–water partition coefficient (Wildman–Crippen LogP) is -0.697. The van der Waals surface area contributed by atoms with E-state index < -0.39 is 24.1 Å². The number of fused-ring (bicyclic) bond motifs is 1. The molecule has 0 aromatic rings. The van der Waals surface area contributed by atoms with Gasteiger partial charge in [-0.05, 0) is 13.3 Å². The molecule has 0 aromatic carbocycles. The number of hydrogen-bond donors (Lipinski definition) is 1. The van der Waals surface area contributed by atoms with Gasteiger partial charge in [-0.25, -0.2) is 0 Å². The topological polar surface area (TPSA) is 90.9 Å². The van der Waals surface area contributed by atoms with Crippen molar-refractivity contribution in [3.63, 3.8) is 0 Å². The molecule has 0 spiro atoms. The van der Waals surface area contributed by atoms with Crippen LogP contribution in [0.5, 0.6) is 0 Å². The van der Waals surface area contributed by atoms with Crippen molar-refractivity contribution in [2.45, 2.75) is 37.8 Å². The van der Waals surface area contributed by atoms with E-state index in [1.54, 1.807) is 6.92 Å². The Morgan fingerprint density at radius 3 is 2.90 bits per heavy atom. The molecule has 20 heavy (non-hydrogen) atoms. The van der Waals surface area contributed by atoms with Crippen LogP contribution in [0.15, 0.2) is 12.2 Å². The Labute approximate surface area is 115 Å². The van der Waals surface area contributed by atoms with Gasteiger partial charge in [-0.3, -0.25) is 14.4 Å². The molecular formula is C13H15NO6. The predicted molar refractivity (Wildman–Crippen MR) is 64.4 cm³/mol. The second-order valence-electron chi connectivity index (χ2n) is 5.30. The lowest BCUT2D eigenvalue weighted by Crippen LogP contribution is -2.42. The van der Waals surface area contributed by atoms with Crippen LogP contribution in [0, 0.1) is 5.92 Å². The smallest absolute Gasteiger partial charge is 0.325 e. The zero-order chi connectivity index (χ0) is 14.4. The van der Waals surface area contributed by atoms with Gasteiger partial charge >= 0.3 is 11.9 Å². The SMILES string of the molecule is C=C(C)C(=O)NCC(=O)OC1C2CC3C(=O)OC1C3O2. The summed E-state index contributed by atoms with van der Waals surface area (Å²) in [7, 11) is 0. The van der Waals surface area contributed by atoms with E-state index in [0.717, 1.165) is 0 Å². The molecule has 1 amide bonds. The summed E-state index contributed by atoms with van der Waals surface area (Å²) in [5.74, 6) is -1.49. The quantitative estimate of drug-likeness (QED) is 0.541. The van der Waals surface area contributed by atoms with Gasteiger partial charge in [0.1, 0.15) is 12.6 Å². The molecule has 0 aliphatic carbocycles. The van der Waals surface area contributed by atoms with Crippen molar-refractivity contribution < 1.29 is 28.6 Å². The number of carbonyl (C=O) groups is 3. The van der Waals surface area contributed by atoms with E-state index >= 15 is 0 Å². The molecule has 2 bridgehead atoms. The molecule has 0 radical (unpaired) electrons. The summed E-state index contributed by atoms with van der Waals surface area (Å²) in [4.78, 5) is 34.5. The van der Waals surface area contributed by atoms with Crippen molar-refractivity contribution in [2.75, 3.05) is 6.54 Å². The Hall–Kier alpha value is -1.89. The van der Waals surface area contributed by atoms with Gasteiger partial charge in [0.05, 0.1) is 12.0 Å². The van der Waals surface area contributed by atoms with E-state index in [9.17, 15) is 14.4 Å². The molecule has 1 N–H and O–H groups in total. The van der Waals surface area contributed by atoms with Gasteiger partial charge in [0.25, 0.3) is 0 Å². The molecule has 7 heteroatoms. The number of hydrogen-bond acceptors (Lipinski definition) is 6. The first-order valence-electron chi connectivity index (χ1n) is 6.46. The van der Waals surface area contributed by atoms with Crippen molar-refractivity contribution in [3.05, 3.63) is 12.2 Å². The second kappa shape index (κ2) is 4.59. The van der Waals surface area contributed by atoms with Gasteiger partial charge in [0.15, 0.2) is 12.2 Å². The Kier molecular flexibility index (Phi) is 3.01. The monoisotopic (exact) mass is 281 g/mol. The van der Waals surface area contributed by atoms with Gasteiger partial charge in [-0.15, -0.1) is 0 Å². The molecule has 7 nitrogen and oxygen atoms in total. The summed E-state index contributed by atoms with van der Waals surface area (Å²) in [6, 6.07) is 0. The van der Waals surface area contributed by atoms with E-state index in [4.69, 9.17) is 14.2 Å². The molecule has 5 unspecified atom stereocenters. The van der Waals surface area contributed by atoms with E-state index in [-0.39, 0.29) is 30.6 Å². The zero-order valence-electron chi connectivity index (χ0n) is 11.0. The number of carbonyl (C=O) groups excluding carboxylic acids is 3. The summed E-state index contributed by atoms with van der Waals surface area (Å²) in [6.45, 7) is 4.76. The third-order valence-electron chi connectivity index (χ3n) is 3.83. The number of rotatable bonds is 4. The lowest BCUT2D eigenvalue weighted by Gasteiger charge is -2.22. The molecule has 108 valence electrons. The minimum Gasteiger partial charge on any atom is -0.455 e. The van der Waals surface area contributed by atoms with Crippen LogP contribution < -0.4 is 5.32 Å². The molecule has 5 atom stereocenters. The van der Waals surface area contributed by atoms with E-state index in [1.165, 1.54) is 0 Å². The molecule has 0 aromatic heterocycles. The first-order chi connectivity index (χ1) is 9.47. The maximum atomic E-state index is 11.7. The van der Waals surface area contributed by atoms with Gasteiger partial charge < -0.3 is 19.5 Å². The van der Waals surface area contributed by atoms with E-state index in [1.807, 2.05) is 0 Å². The normalized spacial score (nSPS) is 36.6. The fourth-order valence-electron chi connectivity index (χ4n) is 2.88. The standard InChI is InChI=1S/C13H15NO6/c1-5(2)12(16)14-4-8(15)19-10-7-3-6-9(18-7)11(10)20-13(6)17/h6-7,9-11H,1,3-4H2,2H3,(H,14,16). The van der Waals surface area contributed by atoms with Crippen LogP contribution in [-0.4, -0.2) is 48.8 Å². The highest BCUT2D eigenvalue weighted by Crippen LogP contribution is 2.47. The van der Waals surface area contributed by atoms with Crippen molar-refractivity contribution in [1.82, 2.24) is 5.32 Å². The van der Waals surface area contributed by atoms with Crippen LogP contribution in [0.4, 0.5) is 0 Å². The minimum atomic E-state index is -0.583. The molecule has 3 saturated heterocycles. The first kappa shape index (κ1) is 13.1. The minimum absolute atomic E-state index is 0.219. The Balaban J connectivity index is 1.54. The highest BCUT2D eigenvalue weighted by Gasteiger charge is 2.65. The third kappa shape index (κ3) is 1.98. The average Bonchev–Trinajstić information content (AvgIpc) is 3.00. The molecule has 3 aliphatic rings. The maximum absolute atomic E-state index is 11.7. The van der Waals surface area contributed by atoms with Crippen molar-refractivity contribution >= 4 is 17.8 Å². The zero-order valence-corrected chi connectivity index (χ0v) is 11.0. The van der Waals surface area contributed by atoms with Gasteiger partial charge in [-0.1, -0.05) is 6.58 Å². The molecular weight excluding hydrogens is 266 g/mol. The molecule has 3 rings (SSSR count). The largest absolute Gasteiger partial charge is 0.455 e. The number of ether oxygens (including phenoxy) is 3. The molecule has 0 saturated carbocycles. The fraction of sp³-hybridized carbons (Fsp3) is 0.615. The third-order valence-corrected chi connectivity index (χ3v) is 3.83. The molecule has 3 fully saturated rings. The summed E-state index contributed by atoms with van der Waals surface area (Å²) in [6.07, 6.45) is -1.14. The summed E-state index contributed by atoms with van der Waals surface area (Å²) < 4.78 is 16.0. The van der Waals surface area contributed by atoms with Crippen LogP contribution in [0.2, 0.25) is 0 Å². The van der Waals surface area contributed by atoms with Gasteiger partial charge in [0, 0.05) is 5.57 Å². The summed E-state index contributed by atoms with van der Waals surface area (Å²) in [5, 5.41) is 2.39. The number of esters is 2. The second-order valence-corrected chi connectivity index (χ2v) is 5.30. The van der Waals surface area contributed by atoms with Crippen molar-refractivity contribution in [2.24, 2.45) is 5.92 Å². The first-order valence-corrected chi connectivity index (χ1v) is 6.46.